The fraction of sp³-hybridized carbons (Fsp3) is 0.241. The smallest absolute Gasteiger partial charge is 0.242 e. The number of imide groups is 2. The van der Waals surface area contributed by atoms with E-state index >= 15 is 9.59 Å². The molecule has 0 bridgehead atoms. The summed E-state index contributed by atoms with van der Waals surface area (Å²) in [4.78, 5) is 63.7. The van der Waals surface area contributed by atoms with E-state index in [0.717, 1.165) is 48.2 Å². The van der Waals surface area contributed by atoms with Gasteiger partial charge in [0.25, 0.3) is 0 Å². The number of phenols is 1. The minimum Gasteiger partial charge on any atom is -0.507 e. The molecule has 5 aromatic carbocycles. The molecule has 11 nitrogen and oxygen atoms in total. The fourth-order valence-corrected chi connectivity index (χ4v) is 12.8. The van der Waals surface area contributed by atoms with Crippen molar-refractivity contribution in [1.82, 2.24) is 9.78 Å². The molecule has 3 fully saturated rings. The molecule has 4 aliphatic rings. The van der Waals surface area contributed by atoms with Crippen LogP contribution in [0.15, 0.2) is 115 Å². The highest BCUT2D eigenvalue weighted by atomic mass is 35.5. The summed E-state index contributed by atoms with van der Waals surface area (Å²) >= 11 is 7.95. The molecule has 7 aromatic rings. The molecule has 67 heavy (non-hydrogen) atoms. The summed E-state index contributed by atoms with van der Waals surface area (Å²) in [5, 5.41) is 18.9. The van der Waals surface area contributed by atoms with E-state index in [9.17, 15) is 14.7 Å². The number of hydrogen-bond acceptors (Lipinski definition) is 9. The minimum atomic E-state index is -1.30. The van der Waals surface area contributed by atoms with Gasteiger partial charge in [-0.1, -0.05) is 77.9 Å². The van der Waals surface area contributed by atoms with Crippen molar-refractivity contribution in [3.8, 4) is 27.8 Å². The van der Waals surface area contributed by atoms with Crippen LogP contribution in [-0.4, -0.2) is 52.7 Å². The third-order valence-electron chi connectivity index (χ3n) is 14.8. The second-order valence-corrected chi connectivity index (χ2v) is 19.6. The molecule has 1 N–H and O–H groups in total. The van der Waals surface area contributed by atoms with Gasteiger partial charge in [0.2, 0.25) is 23.6 Å². The summed E-state index contributed by atoms with van der Waals surface area (Å²) in [6.07, 6.45) is 6.39. The Morgan fingerprint density at radius 1 is 0.821 bits per heavy atom. The molecule has 6 atom stereocenters. The molecule has 336 valence electrons. The third kappa shape index (κ3) is 6.40. The summed E-state index contributed by atoms with van der Waals surface area (Å²) in [5.41, 5.74) is 4.10. The van der Waals surface area contributed by atoms with Crippen LogP contribution in [0.4, 0.5) is 11.5 Å². The number of allylic oxidation sites excluding steroid dienone is 2. The Bertz CT molecular complexity index is 3330. The second kappa shape index (κ2) is 15.8. The van der Waals surface area contributed by atoms with E-state index in [1.807, 2.05) is 111 Å². The molecule has 0 spiro atoms. The zero-order valence-electron chi connectivity index (χ0n) is 37.3. The normalized spacial score (nSPS) is 23.6. The number of carbonyl (C=O) groups is 4. The van der Waals surface area contributed by atoms with E-state index in [1.165, 1.54) is 9.80 Å². The maximum Gasteiger partial charge on any atom is 0.242 e. The summed E-state index contributed by atoms with van der Waals surface area (Å²) in [7, 11) is 4.95. The van der Waals surface area contributed by atoms with Crippen molar-refractivity contribution >= 4 is 91.1 Å². The van der Waals surface area contributed by atoms with Crippen LogP contribution >= 0.6 is 22.9 Å². The summed E-state index contributed by atoms with van der Waals surface area (Å²) in [6, 6.07) is 31.4. The van der Waals surface area contributed by atoms with Gasteiger partial charge in [0.15, 0.2) is 0 Å². The SMILES string of the molecule is COc1ccc(OC)c(C=Cc2ccc(N3C(=O)[C@H]4[C@H](CC=C5[C@H]4C[C@H]4C(=O)N(c6cc(-c7sc8ccc(Cl)cc8c7C)nn6C)C(=O)[C@@]4(C)[C@H]5c4ccc(O)c5ccccc45)C3=O)cc2)c1. The number of rotatable bonds is 8. The first-order valence-corrected chi connectivity index (χ1v) is 23.4. The zero-order valence-corrected chi connectivity index (χ0v) is 38.9. The van der Waals surface area contributed by atoms with Gasteiger partial charge in [0, 0.05) is 39.7 Å². The highest BCUT2D eigenvalue weighted by Crippen LogP contribution is 2.64. The Kier molecular flexibility index (Phi) is 10.1. The number of aromatic nitrogens is 2. The largest absolute Gasteiger partial charge is 0.507 e. The van der Waals surface area contributed by atoms with Crippen molar-refractivity contribution in [3.63, 3.8) is 0 Å². The third-order valence-corrected chi connectivity index (χ3v) is 16.3. The first-order chi connectivity index (χ1) is 32.3. The number of carbonyl (C=O) groups excluding carboxylic acids is 4. The van der Waals surface area contributed by atoms with E-state index in [2.05, 4.69) is 0 Å². The lowest BCUT2D eigenvalue weighted by Crippen LogP contribution is -2.49. The van der Waals surface area contributed by atoms with Crippen LogP contribution in [0.3, 0.4) is 0 Å². The van der Waals surface area contributed by atoms with E-state index in [1.54, 1.807) is 61.6 Å². The Labute approximate surface area is 395 Å². The molecule has 2 aliphatic heterocycles. The number of ether oxygens (including phenoxy) is 2. The number of nitrogens with zero attached hydrogens (tertiary/aromatic N) is 4. The van der Waals surface area contributed by atoms with Crippen LogP contribution in [0.1, 0.15) is 47.9 Å². The summed E-state index contributed by atoms with van der Waals surface area (Å²) < 4.78 is 13.6. The number of hydrogen-bond donors (Lipinski definition) is 1. The average Bonchev–Trinajstić information content (AvgIpc) is 4.01. The van der Waals surface area contributed by atoms with Gasteiger partial charge >= 0.3 is 0 Å². The lowest BCUT2D eigenvalue weighted by molar-refractivity contribution is -0.131. The average molecular weight is 929 g/mol. The molecular weight excluding hydrogens is 884 g/mol. The van der Waals surface area contributed by atoms with Crippen LogP contribution in [0.5, 0.6) is 17.2 Å². The van der Waals surface area contributed by atoms with Crippen molar-refractivity contribution in [2.75, 3.05) is 24.0 Å². The summed E-state index contributed by atoms with van der Waals surface area (Å²) in [5.74, 6) is -2.97. The topological polar surface area (TPSA) is 131 Å². The lowest BCUT2D eigenvalue weighted by atomic mass is 9.51. The first-order valence-electron chi connectivity index (χ1n) is 22.2. The molecule has 0 radical (unpaired) electrons. The van der Waals surface area contributed by atoms with Gasteiger partial charge in [-0.3, -0.25) is 28.8 Å². The van der Waals surface area contributed by atoms with E-state index < -0.39 is 35.0 Å². The molecule has 2 aliphatic carbocycles. The highest BCUT2D eigenvalue weighted by Gasteiger charge is 2.68. The second-order valence-electron chi connectivity index (χ2n) is 18.1. The number of aryl methyl sites for hydroxylation is 2. The molecule has 4 amide bonds. The molecule has 1 saturated carbocycles. The zero-order chi connectivity index (χ0) is 46.6. The molecule has 13 heteroatoms. The number of benzene rings is 5. The minimum absolute atomic E-state index is 0.0940. The van der Waals surface area contributed by atoms with Gasteiger partial charge in [0.1, 0.15) is 28.8 Å². The number of aromatic hydroxyl groups is 1. The van der Waals surface area contributed by atoms with Gasteiger partial charge in [-0.25, -0.2) is 4.90 Å². The van der Waals surface area contributed by atoms with E-state index in [0.29, 0.717) is 45.5 Å². The van der Waals surface area contributed by atoms with Crippen LogP contribution in [-0.2, 0) is 26.2 Å². The number of amides is 4. The fourth-order valence-electron chi connectivity index (χ4n) is 11.5. The van der Waals surface area contributed by atoms with Crippen molar-refractivity contribution in [3.05, 3.63) is 142 Å². The number of anilines is 2. The molecule has 11 rings (SSSR count). The maximum atomic E-state index is 15.5. The predicted octanol–water partition coefficient (Wildman–Crippen LogP) is 10.7. The van der Waals surface area contributed by atoms with Crippen LogP contribution in [0, 0.1) is 36.0 Å². The molecular formula is C54H45ClN4O7S. The van der Waals surface area contributed by atoms with Gasteiger partial charge in [-0.05, 0) is 115 Å². The molecule has 2 aromatic heterocycles. The molecule has 4 heterocycles. The molecule has 2 saturated heterocycles. The van der Waals surface area contributed by atoms with Gasteiger partial charge < -0.3 is 14.6 Å². The molecule has 0 unspecified atom stereocenters. The number of fused-ring (bicyclic) bond motifs is 6. The van der Waals surface area contributed by atoms with Gasteiger partial charge in [0.05, 0.1) is 48.0 Å². The Morgan fingerprint density at radius 3 is 2.36 bits per heavy atom. The van der Waals surface area contributed by atoms with Crippen molar-refractivity contribution < 1.29 is 33.8 Å². The highest BCUT2D eigenvalue weighted by molar-refractivity contribution is 7.22. The number of methoxy groups -OCH3 is 2. The van der Waals surface area contributed by atoms with E-state index in [-0.39, 0.29) is 35.8 Å². The standard InChI is InChI=1S/C54H45ClN4O7S/c1-28-39-25-31(55)14-23-45(39)67-49(28)42-27-46(57(3)56-42)59-51(62)41-26-40-37(48(54(41,2)53(59)64)36-20-21-43(60)35-9-7-6-8-34(35)36)18-19-38-47(40)52(63)58(50(38)61)32-15-11-29(12-16-32)10-13-30-24-33(65-4)17-22-44(30)66-5/h6-18,20-25,27,38,40-41,47-48,60H,19,26H2,1-5H3/t38-,40+,41-,47-,48-,54+/m0/s1. The lowest BCUT2D eigenvalue weighted by Gasteiger charge is -2.49. The number of halogens is 1. The van der Waals surface area contributed by atoms with Gasteiger partial charge in [-0.2, -0.15) is 5.10 Å². The van der Waals surface area contributed by atoms with Crippen molar-refractivity contribution in [2.45, 2.75) is 32.6 Å². The number of thiophene rings is 1. The van der Waals surface area contributed by atoms with E-state index in [4.69, 9.17) is 26.2 Å². The van der Waals surface area contributed by atoms with Gasteiger partial charge in [-0.15, -0.1) is 11.3 Å². The van der Waals surface area contributed by atoms with Crippen molar-refractivity contribution in [2.24, 2.45) is 36.1 Å². The monoisotopic (exact) mass is 928 g/mol. The Morgan fingerprint density at radius 2 is 1.60 bits per heavy atom. The Hall–Kier alpha value is -7.02. The Balaban J connectivity index is 0.969. The van der Waals surface area contributed by atoms with Crippen LogP contribution in [0.2, 0.25) is 5.02 Å². The van der Waals surface area contributed by atoms with Crippen LogP contribution < -0.4 is 19.3 Å². The predicted molar refractivity (Wildman–Crippen MR) is 261 cm³/mol. The maximum absolute atomic E-state index is 15.5. The van der Waals surface area contributed by atoms with Crippen LogP contribution in [0.25, 0.3) is 43.6 Å². The number of phenolic OH excluding ortho intramolecular Hbond substituents is 1. The first kappa shape index (κ1) is 42.6. The van der Waals surface area contributed by atoms with Crippen molar-refractivity contribution in [1.29, 1.82) is 0 Å². The quantitative estimate of drug-likeness (QED) is 0.0905. The summed E-state index contributed by atoms with van der Waals surface area (Å²) in [6.45, 7) is 3.89.